The van der Waals surface area contributed by atoms with Crippen LogP contribution < -0.4 is 15.5 Å². The van der Waals surface area contributed by atoms with Crippen LogP contribution in [0.1, 0.15) is 38.3 Å². The predicted molar refractivity (Wildman–Crippen MR) is 135 cm³/mol. The Hall–Kier alpha value is -4.27. The van der Waals surface area contributed by atoms with Gasteiger partial charge in [-0.15, -0.1) is 0 Å². The summed E-state index contributed by atoms with van der Waals surface area (Å²) >= 11 is 0. The number of nitrogens with one attached hydrogen (secondary N) is 2. The molecular formula is C26H28N8O. The number of amides is 1. The van der Waals surface area contributed by atoms with Gasteiger partial charge in [-0.3, -0.25) is 19.4 Å². The van der Waals surface area contributed by atoms with Crippen molar-refractivity contribution >= 4 is 23.2 Å². The molecule has 0 atom stereocenters. The maximum absolute atomic E-state index is 12.7. The summed E-state index contributed by atoms with van der Waals surface area (Å²) in [6.07, 6.45) is 9.66. The summed E-state index contributed by atoms with van der Waals surface area (Å²) in [5.74, 6) is 1.66. The first-order valence-electron chi connectivity index (χ1n) is 11.6. The third-order valence-corrected chi connectivity index (χ3v) is 6.32. The van der Waals surface area contributed by atoms with E-state index in [-0.39, 0.29) is 5.91 Å². The van der Waals surface area contributed by atoms with Crippen LogP contribution in [0.2, 0.25) is 0 Å². The Morgan fingerprint density at radius 1 is 1.06 bits per heavy atom. The zero-order valence-corrected chi connectivity index (χ0v) is 20.1. The molecule has 0 saturated carbocycles. The molecule has 5 heterocycles. The van der Waals surface area contributed by atoms with Crippen molar-refractivity contribution in [3.05, 3.63) is 88.8 Å². The molecule has 0 aromatic carbocycles. The first-order valence-corrected chi connectivity index (χ1v) is 11.6. The molecule has 35 heavy (non-hydrogen) atoms. The summed E-state index contributed by atoms with van der Waals surface area (Å²) in [6.45, 7) is 5.98. The van der Waals surface area contributed by atoms with Crippen molar-refractivity contribution in [2.24, 2.45) is 7.05 Å². The molecule has 1 aliphatic heterocycles. The standard InChI is InChI=1S/C26H28N8O/c1-17-10-20(26(35)30-13-19-4-7-27-12-18(19)2)14-29-25(17)34-9-6-23-21(16-34)11-22(15-28-23)32-24-5-8-31-33(24)3/h4-5,7-8,10-12,14-15,32H,6,9,13,16H2,1-3H3,(H,30,35). The van der Waals surface area contributed by atoms with Crippen molar-refractivity contribution in [2.45, 2.75) is 33.4 Å². The van der Waals surface area contributed by atoms with Crippen molar-refractivity contribution in [2.75, 3.05) is 16.8 Å². The normalized spacial score (nSPS) is 12.8. The SMILES string of the molecule is Cc1cnccc1CNC(=O)c1cnc(N2CCc3ncc(Nc4ccnn4C)cc3C2)c(C)c1. The lowest BCUT2D eigenvalue weighted by atomic mass is 10.0. The Kier molecular flexibility index (Phi) is 6.13. The number of hydrogen-bond donors (Lipinski definition) is 2. The molecule has 2 N–H and O–H groups in total. The van der Waals surface area contributed by atoms with Gasteiger partial charge in [-0.1, -0.05) is 0 Å². The topological polar surface area (TPSA) is 101 Å². The Balaban J connectivity index is 1.28. The van der Waals surface area contributed by atoms with E-state index in [4.69, 9.17) is 0 Å². The fourth-order valence-electron chi connectivity index (χ4n) is 4.32. The van der Waals surface area contributed by atoms with Crippen LogP contribution in [0.3, 0.4) is 0 Å². The number of hydrogen-bond acceptors (Lipinski definition) is 7. The minimum atomic E-state index is -0.137. The lowest BCUT2D eigenvalue weighted by molar-refractivity contribution is 0.0950. The van der Waals surface area contributed by atoms with E-state index in [0.29, 0.717) is 18.7 Å². The fourth-order valence-corrected chi connectivity index (χ4v) is 4.32. The summed E-state index contributed by atoms with van der Waals surface area (Å²) < 4.78 is 1.79. The van der Waals surface area contributed by atoms with Crippen LogP contribution in [0.15, 0.2) is 55.2 Å². The lowest BCUT2D eigenvalue weighted by Gasteiger charge is -2.30. The van der Waals surface area contributed by atoms with Crippen LogP contribution in [0.5, 0.6) is 0 Å². The highest BCUT2D eigenvalue weighted by molar-refractivity contribution is 5.94. The van der Waals surface area contributed by atoms with Crippen LogP contribution in [-0.2, 0) is 26.6 Å². The summed E-state index contributed by atoms with van der Waals surface area (Å²) in [5, 5.41) is 10.6. The summed E-state index contributed by atoms with van der Waals surface area (Å²) in [5.41, 5.74) is 6.83. The van der Waals surface area contributed by atoms with E-state index in [9.17, 15) is 4.79 Å². The molecule has 0 bridgehead atoms. The number of pyridine rings is 3. The number of fused-ring (bicyclic) bond motifs is 1. The van der Waals surface area contributed by atoms with Crippen LogP contribution >= 0.6 is 0 Å². The smallest absolute Gasteiger partial charge is 0.253 e. The number of carbonyl (C=O) groups is 1. The maximum atomic E-state index is 12.7. The second-order valence-corrected chi connectivity index (χ2v) is 8.82. The molecule has 9 heteroatoms. The molecule has 4 aromatic heterocycles. The molecule has 0 fully saturated rings. The molecule has 0 spiro atoms. The van der Waals surface area contributed by atoms with Gasteiger partial charge in [-0.05, 0) is 54.3 Å². The van der Waals surface area contributed by atoms with E-state index < -0.39 is 0 Å². The molecule has 0 unspecified atom stereocenters. The Bertz CT molecular complexity index is 1380. The molecule has 0 saturated heterocycles. The van der Waals surface area contributed by atoms with Gasteiger partial charge in [-0.25, -0.2) is 4.98 Å². The van der Waals surface area contributed by atoms with Gasteiger partial charge >= 0.3 is 0 Å². The van der Waals surface area contributed by atoms with Crippen LogP contribution in [-0.4, -0.2) is 37.2 Å². The molecule has 4 aromatic rings. The van der Waals surface area contributed by atoms with Crippen molar-refractivity contribution < 1.29 is 4.79 Å². The number of anilines is 3. The first kappa shape index (κ1) is 22.5. The third kappa shape index (κ3) is 4.84. The van der Waals surface area contributed by atoms with Crippen molar-refractivity contribution in [1.82, 2.24) is 30.0 Å². The number of aromatic nitrogens is 5. The van der Waals surface area contributed by atoms with Gasteiger partial charge in [0.2, 0.25) is 0 Å². The van der Waals surface area contributed by atoms with Gasteiger partial charge in [0.1, 0.15) is 11.6 Å². The third-order valence-electron chi connectivity index (χ3n) is 6.32. The first-order chi connectivity index (χ1) is 17.0. The number of rotatable bonds is 6. The molecule has 1 amide bonds. The largest absolute Gasteiger partial charge is 0.352 e. The molecule has 5 rings (SSSR count). The Labute approximate surface area is 204 Å². The minimum absolute atomic E-state index is 0.137. The average Bonchev–Trinajstić information content (AvgIpc) is 3.27. The highest BCUT2D eigenvalue weighted by Gasteiger charge is 2.21. The monoisotopic (exact) mass is 468 g/mol. The maximum Gasteiger partial charge on any atom is 0.253 e. The molecule has 0 radical (unpaired) electrons. The van der Waals surface area contributed by atoms with E-state index in [1.54, 1.807) is 29.5 Å². The van der Waals surface area contributed by atoms with Crippen molar-refractivity contribution in [1.29, 1.82) is 0 Å². The Morgan fingerprint density at radius 2 is 1.94 bits per heavy atom. The van der Waals surface area contributed by atoms with Gasteiger partial charge < -0.3 is 15.5 Å². The number of carbonyl (C=O) groups excluding carboxylic acids is 1. The Morgan fingerprint density at radius 3 is 2.71 bits per heavy atom. The second-order valence-electron chi connectivity index (χ2n) is 8.82. The van der Waals surface area contributed by atoms with Crippen molar-refractivity contribution in [3.63, 3.8) is 0 Å². The highest BCUT2D eigenvalue weighted by atomic mass is 16.1. The van der Waals surface area contributed by atoms with Gasteiger partial charge in [-0.2, -0.15) is 5.10 Å². The van der Waals surface area contributed by atoms with E-state index in [2.05, 4.69) is 41.7 Å². The van der Waals surface area contributed by atoms with E-state index in [0.717, 1.165) is 52.7 Å². The molecule has 0 aliphatic carbocycles. The summed E-state index contributed by atoms with van der Waals surface area (Å²) in [6, 6.07) is 7.89. The average molecular weight is 469 g/mol. The predicted octanol–water partition coefficient (Wildman–Crippen LogP) is 3.46. The van der Waals surface area contributed by atoms with Crippen molar-refractivity contribution in [3.8, 4) is 0 Å². The zero-order chi connectivity index (χ0) is 24.4. The van der Waals surface area contributed by atoms with E-state index >= 15 is 0 Å². The molecule has 1 aliphatic rings. The second kappa shape index (κ2) is 9.54. The summed E-state index contributed by atoms with van der Waals surface area (Å²) in [7, 11) is 1.90. The highest BCUT2D eigenvalue weighted by Crippen LogP contribution is 2.27. The summed E-state index contributed by atoms with van der Waals surface area (Å²) in [4.78, 5) is 28.4. The van der Waals surface area contributed by atoms with Crippen LogP contribution in [0, 0.1) is 13.8 Å². The quantitative estimate of drug-likeness (QED) is 0.447. The van der Waals surface area contributed by atoms with Gasteiger partial charge in [0.05, 0.1) is 23.6 Å². The molecular weight excluding hydrogens is 440 g/mol. The zero-order valence-electron chi connectivity index (χ0n) is 20.1. The van der Waals surface area contributed by atoms with E-state index in [1.807, 2.05) is 45.3 Å². The van der Waals surface area contributed by atoms with Crippen LogP contribution in [0.4, 0.5) is 17.3 Å². The lowest BCUT2D eigenvalue weighted by Crippen LogP contribution is -2.32. The molecule has 9 nitrogen and oxygen atoms in total. The van der Waals surface area contributed by atoms with E-state index in [1.165, 1.54) is 5.56 Å². The van der Waals surface area contributed by atoms with Gasteiger partial charge in [0, 0.05) is 63.5 Å². The molecule has 178 valence electrons. The minimum Gasteiger partial charge on any atom is -0.352 e. The van der Waals surface area contributed by atoms with Gasteiger partial charge in [0.25, 0.3) is 5.91 Å². The van der Waals surface area contributed by atoms with Gasteiger partial charge in [0.15, 0.2) is 0 Å². The van der Waals surface area contributed by atoms with Crippen LogP contribution in [0.25, 0.3) is 0 Å². The fraction of sp³-hybridized carbons (Fsp3) is 0.269. The number of nitrogens with zero attached hydrogens (tertiary/aromatic N) is 6. The number of aryl methyl sites for hydroxylation is 3.